The lowest BCUT2D eigenvalue weighted by atomic mass is 10.2. The van der Waals surface area contributed by atoms with E-state index in [1.54, 1.807) is 6.33 Å². The zero-order chi connectivity index (χ0) is 11.5. The standard InChI is InChI=1S/C11H12BrN3O/c1-7-9-4-8(12)5-10(16-3-2-13)11(9)15-6-14-7/h4-6H,2-3,13H2,1H3. The number of aromatic nitrogens is 2. The molecular weight excluding hydrogens is 270 g/mol. The zero-order valence-electron chi connectivity index (χ0n) is 8.90. The molecule has 84 valence electrons. The molecule has 16 heavy (non-hydrogen) atoms. The molecule has 0 spiro atoms. The van der Waals surface area contributed by atoms with Crippen molar-refractivity contribution < 1.29 is 4.74 Å². The summed E-state index contributed by atoms with van der Waals surface area (Å²) < 4.78 is 6.51. The number of fused-ring (bicyclic) bond motifs is 1. The third-order valence-corrected chi connectivity index (χ3v) is 2.70. The van der Waals surface area contributed by atoms with Gasteiger partial charge in [0.05, 0.1) is 0 Å². The molecule has 0 saturated heterocycles. The Balaban J connectivity index is 2.59. The van der Waals surface area contributed by atoms with Gasteiger partial charge in [-0.05, 0) is 19.1 Å². The van der Waals surface area contributed by atoms with Gasteiger partial charge in [-0.2, -0.15) is 0 Å². The summed E-state index contributed by atoms with van der Waals surface area (Å²) in [4.78, 5) is 8.40. The second-order valence-corrected chi connectivity index (χ2v) is 4.31. The highest BCUT2D eigenvalue weighted by molar-refractivity contribution is 9.10. The van der Waals surface area contributed by atoms with E-state index in [1.165, 1.54) is 0 Å². The fraction of sp³-hybridized carbons (Fsp3) is 0.273. The van der Waals surface area contributed by atoms with Gasteiger partial charge < -0.3 is 10.5 Å². The lowest BCUT2D eigenvalue weighted by Crippen LogP contribution is -2.11. The smallest absolute Gasteiger partial charge is 0.146 e. The van der Waals surface area contributed by atoms with Crippen LogP contribution < -0.4 is 10.5 Å². The SMILES string of the molecule is Cc1ncnc2c(OCCN)cc(Br)cc12. The van der Waals surface area contributed by atoms with Crippen LogP contribution in [0.15, 0.2) is 22.9 Å². The summed E-state index contributed by atoms with van der Waals surface area (Å²) in [5, 5.41) is 0.990. The second-order valence-electron chi connectivity index (χ2n) is 3.40. The Hall–Kier alpha value is -1.20. The summed E-state index contributed by atoms with van der Waals surface area (Å²) in [5.41, 5.74) is 7.18. The second kappa shape index (κ2) is 4.76. The highest BCUT2D eigenvalue weighted by Crippen LogP contribution is 2.29. The fourth-order valence-corrected chi connectivity index (χ4v) is 1.94. The van der Waals surface area contributed by atoms with Crippen molar-refractivity contribution in [1.82, 2.24) is 9.97 Å². The van der Waals surface area contributed by atoms with Crippen LogP contribution in [0.1, 0.15) is 5.69 Å². The van der Waals surface area contributed by atoms with Gasteiger partial charge in [-0.15, -0.1) is 0 Å². The van der Waals surface area contributed by atoms with Crippen LogP contribution in [0.4, 0.5) is 0 Å². The van der Waals surface area contributed by atoms with Crippen molar-refractivity contribution in [2.75, 3.05) is 13.2 Å². The lowest BCUT2D eigenvalue weighted by molar-refractivity contribution is 0.331. The van der Waals surface area contributed by atoms with Crippen LogP contribution in [-0.4, -0.2) is 23.1 Å². The van der Waals surface area contributed by atoms with Crippen molar-refractivity contribution in [2.24, 2.45) is 5.73 Å². The van der Waals surface area contributed by atoms with E-state index < -0.39 is 0 Å². The Morgan fingerprint density at radius 3 is 2.94 bits per heavy atom. The van der Waals surface area contributed by atoms with Crippen LogP contribution in [0, 0.1) is 6.92 Å². The zero-order valence-corrected chi connectivity index (χ0v) is 10.5. The number of hydrogen-bond acceptors (Lipinski definition) is 4. The number of aryl methyl sites for hydroxylation is 1. The van der Waals surface area contributed by atoms with Crippen LogP contribution >= 0.6 is 15.9 Å². The maximum atomic E-state index is 5.56. The third kappa shape index (κ3) is 2.15. The fourth-order valence-electron chi connectivity index (χ4n) is 1.50. The van der Waals surface area contributed by atoms with Crippen molar-refractivity contribution in [1.29, 1.82) is 0 Å². The highest BCUT2D eigenvalue weighted by Gasteiger charge is 2.07. The molecule has 2 N–H and O–H groups in total. The number of ether oxygens (including phenoxy) is 1. The molecule has 0 atom stereocenters. The van der Waals surface area contributed by atoms with E-state index in [9.17, 15) is 0 Å². The first-order valence-corrected chi connectivity index (χ1v) is 5.75. The maximum absolute atomic E-state index is 5.56. The monoisotopic (exact) mass is 281 g/mol. The van der Waals surface area contributed by atoms with Crippen molar-refractivity contribution in [3.8, 4) is 5.75 Å². The van der Waals surface area contributed by atoms with E-state index >= 15 is 0 Å². The van der Waals surface area contributed by atoms with Crippen molar-refractivity contribution >= 4 is 26.8 Å². The molecule has 0 saturated carbocycles. The molecule has 2 aromatic rings. The van der Waals surface area contributed by atoms with Crippen LogP contribution in [-0.2, 0) is 0 Å². The highest BCUT2D eigenvalue weighted by atomic mass is 79.9. The number of hydrogen-bond donors (Lipinski definition) is 1. The first kappa shape index (κ1) is 11.3. The molecule has 1 aromatic carbocycles. The minimum atomic E-state index is 0.481. The van der Waals surface area contributed by atoms with Crippen LogP contribution in [0.25, 0.3) is 10.9 Å². The Bertz CT molecular complexity index is 516. The molecule has 4 nitrogen and oxygen atoms in total. The Kier molecular flexibility index (Phi) is 3.36. The molecule has 1 heterocycles. The first-order chi connectivity index (χ1) is 7.72. The van der Waals surface area contributed by atoms with Gasteiger partial charge in [-0.3, -0.25) is 0 Å². The molecule has 0 unspecified atom stereocenters. The Labute approximate surface area is 102 Å². The Morgan fingerprint density at radius 1 is 1.38 bits per heavy atom. The average molecular weight is 282 g/mol. The summed E-state index contributed by atoms with van der Waals surface area (Å²) in [6, 6.07) is 3.88. The quantitative estimate of drug-likeness (QED) is 0.935. The van der Waals surface area contributed by atoms with E-state index in [0.29, 0.717) is 13.2 Å². The van der Waals surface area contributed by atoms with Crippen molar-refractivity contribution in [3.05, 3.63) is 28.6 Å². The van der Waals surface area contributed by atoms with Gasteiger partial charge in [0, 0.05) is 22.1 Å². The molecule has 0 aliphatic carbocycles. The molecular formula is C11H12BrN3O. The number of halogens is 1. The predicted octanol–water partition coefficient (Wildman–Crippen LogP) is 2.04. The van der Waals surface area contributed by atoms with E-state index in [1.807, 2.05) is 19.1 Å². The molecule has 0 fully saturated rings. The number of nitrogens with zero attached hydrogens (tertiary/aromatic N) is 2. The minimum absolute atomic E-state index is 0.481. The predicted molar refractivity (Wildman–Crippen MR) is 66.5 cm³/mol. The van der Waals surface area contributed by atoms with E-state index in [4.69, 9.17) is 10.5 Å². The molecule has 5 heteroatoms. The van der Waals surface area contributed by atoms with E-state index in [-0.39, 0.29) is 0 Å². The summed E-state index contributed by atoms with van der Waals surface area (Å²) >= 11 is 3.44. The van der Waals surface area contributed by atoms with Crippen molar-refractivity contribution in [2.45, 2.75) is 6.92 Å². The molecule has 2 rings (SSSR count). The summed E-state index contributed by atoms with van der Waals surface area (Å²) in [6.07, 6.45) is 1.54. The topological polar surface area (TPSA) is 61.0 Å². The molecule has 0 amide bonds. The molecule has 1 aromatic heterocycles. The molecule has 0 aliphatic rings. The van der Waals surface area contributed by atoms with Gasteiger partial charge in [-0.25, -0.2) is 9.97 Å². The summed E-state index contributed by atoms with van der Waals surface area (Å²) in [7, 11) is 0. The minimum Gasteiger partial charge on any atom is -0.490 e. The number of nitrogens with two attached hydrogens (primary N) is 1. The van der Waals surface area contributed by atoms with Gasteiger partial charge in [0.2, 0.25) is 0 Å². The van der Waals surface area contributed by atoms with Crippen molar-refractivity contribution in [3.63, 3.8) is 0 Å². The van der Waals surface area contributed by atoms with E-state index in [2.05, 4.69) is 25.9 Å². The third-order valence-electron chi connectivity index (χ3n) is 2.24. The largest absolute Gasteiger partial charge is 0.490 e. The van der Waals surface area contributed by atoms with Gasteiger partial charge >= 0.3 is 0 Å². The Morgan fingerprint density at radius 2 is 2.19 bits per heavy atom. The lowest BCUT2D eigenvalue weighted by Gasteiger charge is -2.09. The van der Waals surface area contributed by atoms with Gasteiger partial charge in [0.1, 0.15) is 24.2 Å². The molecule has 0 radical (unpaired) electrons. The van der Waals surface area contributed by atoms with Gasteiger partial charge in [-0.1, -0.05) is 15.9 Å². The number of rotatable bonds is 3. The number of benzene rings is 1. The summed E-state index contributed by atoms with van der Waals surface area (Å²) in [5.74, 6) is 0.736. The van der Waals surface area contributed by atoms with Crippen LogP contribution in [0.3, 0.4) is 0 Å². The normalized spacial score (nSPS) is 10.7. The van der Waals surface area contributed by atoms with Crippen LogP contribution in [0.2, 0.25) is 0 Å². The first-order valence-electron chi connectivity index (χ1n) is 4.96. The summed E-state index contributed by atoms with van der Waals surface area (Å²) in [6.45, 7) is 2.91. The average Bonchev–Trinajstić information content (AvgIpc) is 2.27. The molecule has 0 bridgehead atoms. The van der Waals surface area contributed by atoms with Crippen LogP contribution in [0.5, 0.6) is 5.75 Å². The maximum Gasteiger partial charge on any atom is 0.146 e. The van der Waals surface area contributed by atoms with Gasteiger partial charge in [0.15, 0.2) is 0 Å². The van der Waals surface area contributed by atoms with E-state index in [0.717, 1.165) is 26.8 Å². The van der Waals surface area contributed by atoms with Gasteiger partial charge in [0.25, 0.3) is 0 Å². The molecule has 0 aliphatic heterocycles.